The molecule has 0 aliphatic rings. The van der Waals surface area contributed by atoms with Crippen LogP contribution in [-0.4, -0.2) is 51.1 Å². The van der Waals surface area contributed by atoms with Gasteiger partial charge in [-0.05, 0) is 0 Å². The maximum absolute atomic E-state index is 4.49. The summed E-state index contributed by atoms with van der Waals surface area (Å²) in [5, 5.41) is 0. The summed E-state index contributed by atoms with van der Waals surface area (Å²) >= 11 is 0.0270. The zero-order valence-corrected chi connectivity index (χ0v) is 11.1. The third-order valence-corrected chi connectivity index (χ3v) is 3.45. The molecule has 0 bridgehead atoms. The summed E-state index contributed by atoms with van der Waals surface area (Å²) < 4.78 is 8.98. The summed E-state index contributed by atoms with van der Waals surface area (Å²) in [6, 6.07) is 4.21. The van der Waals surface area contributed by atoms with Crippen LogP contribution < -0.4 is 9.80 Å². The predicted molar refractivity (Wildman–Crippen MR) is 65.1 cm³/mol. The van der Waals surface area contributed by atoms with Crippen molar-refractivity contribution in [2.24, 2.45) is 0 Å². The summed E-state index contributed by atoms with van der Waals surface area (Å²) in [5.41, 5.74) is 4.40. The van der Waals surface area contributed by atoms with Crippen molar-refractivity contribution in [3.05, 3.63) is 12.1 Å². The van der Waals surface area contributed by atoms with Gasteiger partial charge in [-0.3, -0.25) is 0 Å². The second kappa shape index (κ2) is 3.83. The first-order chi connectivity index (χ1) is 7.11. The van der Waals surface area contributed by atoms with Crippen molar-refractivity contribution in [3.63, 3.8) is 0 Å². The predicted octanol–water partition coefficient (Wildman–Crippen LogP) is 0.819. The second-order valence-corrected chi connectivity index (χ2v) is 4.96. The van der Waals surface area contributed by atoms with Crippen LogP contribution in [0.5, 0.6) is 0 Å². The Morgan fingerprint density at radius 3 is 1.60 bits per heavy atom. The Morgan fingerprint density at radius 1 is 0.867 bits per heavy atom. The first-order valence-corrected chi connectivity index (χ1v) is 6.24. The Morgan fingerprint density at radius 2 is 1.27 bits per heavy atom. The second-order valence-electron chi connectivity index (χ2n) is 3.85. The fourth-order valence-electron chi connectivity index (χ4n) is 1.56. The van der Waals surface area contributed by atoms with Gasteiger partial charge in [0, 0.05) is 0 Å². The zero-order chi connectivity index (χ0) is 11.0. The van der Waals surface area contributed by atoms with Gasteiger partial charge in [0.2, 0.25) is 0 Å². The fraction of sp³-hybridized carbons (Fsp3) is 0.400. The molecule has 0 saturated heterocycles. The molecule has 0 aliphatic heterocycles. The number of benzene rings is 1. The molecule has 5 heteroatoms. The monoisotopic (exact) mass is 270 g/mol. The average Bonchev–Trinajstić information content (AvgIpc) is 2.63. The van der Waals surface area contributed by atoms with Crippen molar-refractivity contribution in [1.82, 2.24) is 7.96 Å². The molecule has 0 N–H and O–H groups in total. The van der Waals surface area contributed by atoms with Crippen LogP contribution in [-0.2, 0) is 0 Å². The molecule has 0 fully saturated rings. The van der Waals surface area contributed by atoms with Crippen molar-refractivity contribution in [3.8, 4) is 0 Å². The molecule has 0 spiro atoms. The SMILES string of the molecule is CN(C)c1ccc(N(C)C)c2n[se]nc12. The molecule has 1 aromatic carbocycles. The van der Waals surface area contributed by atoms with E-state index in [9.17, 15) is 0 Å². The van der Waals surface area contributed by atoms with E-state index in [1.54, 1.807) is 0 Å². The summed E-state index contributed by atoms with van der Waals surface area (Å²) in [7, 11) is 8.13. The third-order valence-electron chi connectivity index (χ3n) is 2.34. The van der Waals surface area contributed by atoms with Crippen LogP contribution in [0.3, 0.4) is 0 Å². The van der Waals surface area contributed by atoms with Crippen LogP contribution in [0.15, 0.2) is 12.1 Å². The van der Waals surface area contributed by atoms with Crippen LogP contribution in [0, 0.1) is 0 Å². The molecule has 0 aliphatic carbocycles. The standard InChI is InChI=1S/C10H14N4Se/c1-13(2)7-5-6-8(14(3)4)10-9(7)11-15-12-10/h5-6H,1-4H3. The van der Waals surface area contributed by atoms with Gasteiger partial charge < -0.3 is 0 Å². The number of rotatable bonds is 2. The van der Waals surface area contributed by atoms with Crippen molar-refractivity contribution in [2.75, 3.05) is 38.0 Å². The van der Waals surface area contributed by atoms with Gasteiger partial charge in [0.1, 0.15) is 0 Å². The van der Waals surface area contributed by atoms with Crippen LogP contribution in [0.1, 0.15) is 0 Å². The topological polar surface area (TPSA) is 32.3 Å². The third kappa shape index (κ3) is 1.73. The molecule has 15 heavy (non-hydrogen) atoms. The van der Waals surface area contributed by atoms with E-state index in [4.69, 9.17) is 0 Å². The van der Waals surface area contributed by atoms with Gasteiger partial charge in [-0.1, -0.05) is 0 Å². The van der Waals surface area contributed by atoms with E-state index in [0.29, 0.717) is 0 Å². The van der Waals surface area contributed by atoms with Crippen LogP contribution in [0.2, 0.25) is 0 Å². The Bertz CT molecular complexity index is 433. The van der Waals surface area contributed by atoms with E-state index >= 15 is 0 Å². The van der Waals surface area contributed by atoms with Gasteiger partial charge in [0.05, 0.1) is 0 Å². The van der Waals surface area contributed by atoms with E-state index < -0.39 is 0 Å². The van der Waals surface area contributed by atoms with E-state index in [1.807, 2.05) is 28.2 Å². The van der Waals surface area contributed by atoms with Gasteiger partial charge in [-0.25, -0.2) is 0 Å². The van der Waals surface area contributed by atoms with Crippen LogP contribution in [0.4, 0.5) is 11.4 Å². The summed E-state index contributed by atoms with van der Waals surface area (Å²) in [6.07, 6.45) is 0. The molecule has 2 rings (SSSR count). The van der Waals surface area contributed by atoms with E-state index in [-0.39, 0.29) is 15.0 Å². The number of anilines is 2. The molecular formula is C10H14N4Se. The fourth-order valence-corrected chi connectivity index (χ4v) is 2.75. The number of hydrogen-bond acceptors (Lipinski definition) is 4. The van der Waals surface area contributed by atoms with Crippen molar-refractivity contribution >= 4 is 37.4 Å². The molecule has 4 nitrogen and oxygen atoms in total. The molecule has 1 heterocycles. The van der Waals surface area contributed by atoms with Gasteiger partial charge in [0.25, 0.3) is 0 Å². The number of fused-ring (bicyclic) bond motifs is 1. The van der Waals surface area contributed by atoms with Gasteiger partial charge >= 0.3 is 95.5 Å². The molecule has 0 radical (unpaired) electrons. The molecule has 0 unspecified atom stereocenters. The molecule has 0 saturated carbocycles. The van der Waals surface area contributed by atoms with Crippen LogP contribution >= 0.6 is 0 Å². The normalized spacial score (nSPS) is 10.7. The van der Waals surface area contributed by atoms with Gasteiger partial charge in [0.15, 0.2) is 0 Å². The van der Waals surface area contributed by atoms with E-state index in [2.05, 4.69) is 29.9 Å². The summed E-state index contributed by atoms with van der Waals surface area (Å²) in [5.74, 6) is 0. The first kappa shape index (κ1) is 10.5. The van der Waals surface area contributed by atoms with Gasteiger partial charge in [-0.15, -0.1) is 0 Å². The molecule has 1 aromatic heterocycles. The van der Waals surface area contributed by atoms with Crippen molar-refractivity contribution in [1.29, 1.82) is 0 Å². The maximum atomic E-state index is 4.49. The minimum atomic E-state index is 0.0270. The Balaban J connectivity index is 2.71. The summed E-state index contributed by atoms with van der Waals surface area (Å²) in [4.78, 5) is 4.16. The molecule has 80 valence electrons. The quantitative estimate of drug-likeness (QED) is 0.756. The van der Waals surface area contributed by atoms with Crippen LogP contribution in [0.25, 0.3) is 11.0 Å². The molecular weight excluding hydrogens is 255 g/mol. The molecule has 2 aromatic rings. The van der Waals surface area contributed by atoms with E-state index in [1.165, 1.54) is 0 Å². The molecule has 0 atom stereocenters. The number of nitrogens with zero attached hydrogens (tertiary/aromatic N) is 4. The minimum absolute atomic E-state index is 0.0270. The first-order valence-electron chi connectivity index (χ1n) is 4.71. The van der Waals surface area contributed by atoms with E-state index in [0.717, 1.165) is 22.4 Å². The Labute approximate surface area is 95.7 Å². The number of aromatic nitrogens is 2. The van der Waals surface area contributed by atoms with Crippen molar-refractivity contribution in [2.45, 2.75) is 0 Å². The van der Waals surface area contributed by atoms with Gasteiger partial charge in [-0.2, -0.15) is 0 Å². The number of hydrogen-bond donors (Lipinski definition) is 0. The average molecular weight is 269 g/mol. The molecule has 0 amide bonds. The van der Waals surface area contributed by atoms with Crippen molar-refractivity contribution < 1.29 is 0 Å². The summed E-state index contributed by atoms with van der Waals surface area (Å²) in [6.45, 7) is 0. The Hall–Kier alpha value is -1.06. The Kier molecular flexibility index (Phi) is 2.67. The zero-order valence-electron chi connectivity index (χ0n) is 9.35.